The van der Waals surface area contributed by atoms with Crippen molar-refractivity contribution < 1.29 is 0 Å². The molecule has 0 aliphatic carbocycles. The summed E-state index contributed by atoms with van der Waals surface area (Å²) >= 11 is 2.09. The first-order valence-corrected chi connectivity index (χ1v) is 6.68. The SMILES string of the molecule is Cc1cc(C)cc(CSC2CCNC2)c1. The fourth-order valence-corrected chi connectivity index (χ4v) is 3.25. The van der Waals surface area contributed by atoms with Gasteiger partial charge in [0.25, 0.3) is 0 Å². The molecule has 1 aliphatic rings. The summed E-state index contributed by atoms with van der Waals surface area (Å²) < 4.78 is 0. The summed E-state index contributed by atoms with van der Waals surface area (Å²) in [5, 5.41) is 4.24. The van der Waals surface area contributed by atoms with Crippen LogP contribution in [0, 0.1) is 13.8 Å². The second kappa shape index (κ2) is 5.04. The second-order valence-electron chi connectivity index (χ2n) is 4.42. The van der Waals surface area contributed by atoms with E-state index >= 15 is 0 Å². The summed E-state index contributed by atoms with van der Waals surface area (Å²) in [6, 6.07) is 6.86. The lowest BCUT2D eigenvalue weighted by Gasteiger charge is -2.09. The Morgan fingerprint density at radius 2 is 2.00 bits per heavy atom. The highest BCUT2D eigenvalue weighted by molar-refractivity contribution is 7.99. The van der Waals surface area contributed by atoms with E-state index in [1.54, 1.807) is 0 Å². The molecule has 0 radical (unpaired) electrons. The van der Waals surface area contributed by atoms with Crippen molar-refractivity contribution >= 4 is 11.8 Å². The standard InChI is InChI=1S/C13H19NS/c1-10-5-11(2)7-12(6-10)9-15-13-3-4-14-8-13/h5-7,13-14H,3-4,8-9H2,1-2H3. The summed E-state index contributed by atoms with van der Waals surface area (Å²) in [7, 11) is 0. The molecule has 1 N–H and O–H groups in total. The van der Waals surface area contributed by atoms with E-state index in [-0.39, 0.29) is 0 Å². The molecule has 1 heterocycles. The van der Waals surface area contributed by atoms with Gasteiger partial charge in [-0.05, 0) is 32.4 Å². The minimum Gasteiger partial charge on any atom is -0.316 e. The molecule has 1 unspecified atom stereocenters. The average Bonchev–Trinajstić information content (AvgIpc) is 2.65. The average molecular weight is 221 g/mol. The molecule has 1 saturated heterocycles. The van der Waals surface area contributed by atoms with E-state index in [2.05, 4.69) is 49.1 Å². The number of benzene rings is 1. The van der Waals surface area contributed by atoms with E-state index in [9.17, 15) is 0 Å². The lowest BCUT2D eigenvalue weighted by molar-refractivity contribution is 0.858. The van der Waals surface area contributed by atoms with Gasteiger partial charge in [-0.3, -0.25) is 0 Å². The van der Waals surface area contributed by atoms with Crippen molar-refractivity contribution in [2.75, 3.05) is 13.1 Å². The van der Waals surface area contributed by atoms with Crippen molar-refractivity contribution in [1.29, 1.82) is 0 Å². The first-order valence-electron chi connectivity index (χ1n) is 5.63. The van der Waals surface area contributed by atoms with Gasteiger partial charge in [0.2, 0.25) is 0 Å². The number of thioether (sulfide) groups is 1. The molecule has 2 heteroatoms. The molecule has 0 saturated carbocycles. The quantitative estimate of drug-likeness (QED) is 0.842. The maximum absolute atomic E-state index is 3.41. The molecule has 1 aliphatic heterocycles. The molecule has 0 bridgehead atoms. The van der Waals surface area contributed by atoms with E-state index < -0.39 is 0 Å². The van der Waals surface area contributed by atoms with Gasteiger partial charge < -0.3 is 5.32 Å². The Hall–Kier alpha value is -0.470. The Kier molecular flexibility index (Phi) is 3.71. The van der Waals surface area contributed by atoms with Gasteiger partial charge >= 0.3 is 0 Å². The molecule has 1 atom stereocenters. The summed E-state index contributed by atoms with van der Waals surface area (Å²) in [6.07, 6.45) is 1.33. The largest absolute Gasteiger partial charge is 0.316 e. The highest BCUT2D eigenvalue weighted by Gasteiger charge is 2.14. The van der Waals surface area contributed by atoms with Crippen LogP contribution < -0.4 is 5.32 Å². The van der Waals surface area contributed by atoms with Gasteiger partial charge in [-0.2, -0.15) is 11.8 Å². The van der Waals surface area contributed by atoms with Crippen molar-refractivity contribution in [2.24, 2.45) is 0 Å². The number of rotatable bonds is 3. The summed E-state index contributed by atoms with van der Waals surface area (Å²) in [6.45, 7) is 6.75. The van der Waals surface area contributed by atoms with Gasteiger partial charge in [-0.1, -0.05) is 29.3 Å². The molecular weight excluding hydrogens is 202 g/mol. The van der Waals surface area contributed by atoms with Gasteiger partial charge in [-0.15, -0.1) is 0 Å². The van der Waals surface area contributed by atoms with E-state index in [0.717, 1.165) is 11.0 Å². The zero-order chi connectivity index (χ0) is 10.7. The number of hydrogen-bond donors (Lipinski definition) is 1. The highest BCUT2D eigenvalue weighted by Crippen LogP contribution is 2.23. The number of hydrogen-bond acceptors (Lipinski definition) is 2. The van der Waals surface area contributed by atoms with Crippen LogP contribution in [0.2, 0.25) is 0 Å². The maximum Gasteiger partial charge on any atom is 0.0188 e. The fourth-order valence-electron chi connectivity index (χ4n) is 2.14. The van der Waals surface area contributed by atoms with Crippen molar-refractivity contribution in [3.05, 3.63) is 34.9 Å². The first-order chi connectivity index (χ1) is 7.24. The Morgan fingerprint density at radius 3 is 2.60 bits per heavy atom. The Labute approximate surface area is 96.7 Å². The minimum atomic E-state index is 0.825. The van der Waals surface area contributed by atoms with Gasteiger partial charge in [0.15, 0.2) is 0 Å². The normalized spacial score (nSPS) is 20.8. The molecule has 1 aromatic rings. The topological polar surface area (TPSA) is 12.0 Å². The van der Waals surface area contributed by atoms with Crippen molar-refractivity contribution in [3.8, 4) is 0 Å². The lowest BCUT2D eigenvalue weighted by atomic mass is 10.1. The summed E-state index contributed by atoms with van der Waals surface area (Å²) in [4.78, 5) is 0. The Morgan fingerprint density at radius 1 is 1.27 bits per heavy atom. The third kappa shape index (κ3) is 3.25. The van der Waals surface area contributed by atoms with E-state index in [1.165, 1.54) is 36.2 Å². The van der Waals surface area contributed by atoms with E-state index in [4.69, 9.17) is 0 Å². The van der Waals surface area contributed by atoms with Gasteiger partial charge in [-0.25, -0.2) is 0 Å². The molecule has 0 amide bonds. The molecule has 1 aromatic carbocycles. The van der Waals surface area contributed by atoms with E-state index in [0.29, 0.717) is 0 Å². The van der Waals surface area contributed by atoms with Gasteiger partial charge in [0.05, 0.1) is 0 Å². The molecule has 1 nitrogen and oxygen atoms in total. The van der Waals surface area contributed by atoms with Crippen LogP contribution in [-0.4, -0.2) is 18.3 Å². The van der Waals surface area contributed by atoms with Gasteiger partial charge in [0.1, 0.15) is 0 Å². The van der Waals surface area contributed by atoms with Crippen molar-refractivity contribution in [3.63, 3.8) is 0 Å². The summed E-state index contributed by atoms with van der Waals surface area (Å²) in [5.41, 5.74) is 4.25. The fraction of sp³-hybridized carbons (Fsp3) is 0.538. The molecule has 0 spiro atoms. The van der Waals surface area contributed by atoms with Gasteiger partial charge in [0, 0.05) is 17.5 Å². The third-order valence-electron chi connectivity index (χ3n) is 2.78. The Bertz CT molecular complexity index is 309. The van der Waals surface area contributed by atoms with Crippen LogP contribution in [0.5, 0.6) is 0 Å². The van der Waals surface area contributed by atoms with Crippen LogP contribution >= 0.6 is 11.8 Å². The molecule has 15 heavy (non-hydrogen) atoms. The van der Waals surface area contributed by atoms with E-state index in [1.807, 2.05) is 0 Å². The molecule has 1 fully saturated rings. The van der Waals surface area contributed by atoms with Crippen LogP contribution in [0.15, 0.2) is 18.2 Å². The second-order valence-corrected chi connectivity index (χ2v) is 5.71. The highest BCUT2D eigenvalue weighted by atomic mass is 32.2. The Balaban J connectivity index is 1.92. The zero-order valence-electron chi connectivity index (χ0n) is 9.55. The van der Waals surface area contributed by atoms with Crippen LogP contribution in [0.4, 0.5) is 0 Å². The predicted molar refractivity (Wildman–Crippen MR) is 68.5 cm³/mol. The van der Waals surface area contributed by atoms with Crippen LogP contribution in [-0.2, 0) is 5.75 Å². The first kappa shape index (κ1) is 11.0. The summed E-state index contributed by atoms with van der Waals surface area (Å²) in [5.74, 6) is 1.16. The van der Waals surface area contributed by atoms with Crippen molar-refractivity contribution in [2.45, 2.75) is 31.3 Å². The van der Waals surface area contributed by atoms with Crippen LogP contribution in [0.1, 0.15) is 23.1 Å². The third-order valence-corrected chi connectivity index (χ3v) is 4.16. The molecule has 2 rings (SSSR count). The lowest BCUT2D eigenvalue weighted by Crippen LogP contribution is -2.10. The van der Waals surface area contributed by atoms with Crippen molar-refractivity contribution in [1.82, 2.24) is 5.32 Å². The smallest absolute Gasteiger partial charge is 0.0188 e. The molecular formula is C13H19NS. The van der Waals surface area contributed by atoms with Crippen LogP contribution in [0.3, 0.4) is 0 Å². The molecule has 82 valence electrons. The zero-order valence-corrected chi connectivity index (χ0v) is 10.4. The predicted octanol–water partition coefficient (Wildman–Crippen LogP) is 2.90. The maximum atomic E-state index is 3.41. The minimum absolute atomic E-state index is 0.825. The number of nitrogens with one attached hydrogen (secondary N) is 1. The molecule has 0 aromatic heterocycles. The monoisotopic (exact) mass is 221 g/mol. The number of aryl methyl sites for hydroxylation is 2. The van der Waals surface area contributed by atoms with Crippen LogP contribution in [0.25, 0.3) is 0 Å².